The Bertz CT molecular complexity index is 1370. The van der Waals surface area contributed by atoms with Crippen LogP contribution in [-0.4, -0.2) is 30.2 Å². The SMILES string of the molecule is Cc1ccc(-n2nnnc2SCc2nc3scc(-c4ccccc4)c3c(=O)[nH]2)cc1. The van der Waals surface area contributed by atoms with E-state index in [-0.39, 0.29) is 5.56 Å². The predicted octanol–water partition coefficient (Wildman–Crippen LogP) is 4.23. The van der Waals surface area contributed by atoms with Gasteiger partial charge in [-0.15, -0.1) is 16.4 Å². The average Bonchev–Trinajstić information content (AvgIpc) is 3.41. The van der Waals surface area contributed by atoms with Crippen molar-refractivity contribution in [2.75, 3.05) is 0 Å². The van der Waals surface area contributed by atoms with Crippen LogP contribution in [0, 0.1) is 6.92 Å². The first kappa shape index (κ1) is 18.7. The van der Waals surface area contributed by atoms with Crippen LogP contribution in [0.5, 0.6) is 0 Å². The molecule has 0 fully saturated rings. The van der Waals surface area contributed by atoms with Crippen LogP contribution in [0.15, 0.2) is 69.9 Å². The Kier molecular flexibility index (Phi) is 4.89. The van der Waals surface area contributed by atoms with Crippen molar-refractivity contribution in [3.05, 3.63) is 81.7 Å². The summed E-state index contributed by atoms with van der Waals surface area (Å²) in [6.45, 7) is 2.03. The van der Waals surface area contributed by atoms with Gasteiger partial charge in [0.15, 0.2) is 0 Å². The molecule has 9 heteroatoms. The molecule has 0 amide bonds. The minimum Gasteiger partial charge on any atom is -0.309 e. The van der Waals surface area contributed by atoms with Crippen LogP contribution in [0.4, 0.5) is 0 Å². The van der Waals surface area contributed by atoms with Crippen molar-refractivity contribution in [3.63, 3.8) is 0 Å². The molecule has 0 bridgehead atoms. The molecule has 0 unspecified atom stereocenters. The molecule has 0 aliphatic heterocycles. The number of benzene rings is 2. The normalized spacial score (nSPS) is 11.2. The van der Waals surface area contributed by atoms with E-state index in [1.807, 2.05) is 66.9 Å². The van der Waals surface area contributed by atoms with Gasteiger partial charge >= 0.3 is 0 Å². The third kappa shape index (κ3) is 3.53. The maximum absolute atomic E-state index is 12.8. The van der Waals surface area contributed by atoms with Crippen molar-refractivity contribution in [1.29, 1.82) is 0 Å². The molecule has 1 N–H and O–H groups in total. The van der Waals surface area contributed by atoms with E-state index in [1.165, 1.54) is 28.7 Å². The lowest BCUT2D eigenvalue weighted by Gasteiger charge is -2.05. The summed E-state index contributed by atoms with van der Waals surface area (Å²) in [5.41, 5.74) is 3.84. The van der Waals surface area contributed by atoms with Gasteiger partial charge in [0.2, 0.25) is 5.16 Å². The molecule has 30 heavy (non-hydrogen) atoms. The first-order chi connectivity index (χ1) is 14.7. The van der Waals surface area contributed by atoms with E-state index in [1.54, 1.807) is 4.68 Å². The van der Waals surface area contributed by atoms with E-state index in [4.69, 9.17) is 0 Å². The first-order valence-corrected chi connectivity index (χ1v) is 11.1. The molecule has 0 aliphatic rings. The molecular weight excluding hydrogens is 416 g/mol. The molecule has 0 spiro atoms. The molecule has 0 atom stereocenters. The van der Waals surface area contributed by atoms with Crippen molar-refractivity contribution < 1.29 is 0 Å². The van der Waals surface area contributed by atoms with Crippen LogP contribution in [0.2, 0.25) is 0 Å². The van der Waals surface area contributed by atoms with Gasteiger partial charge < -0.3 is 4.98 Å². The number of thioether (sulfide) groups is 1. The van der Waals surface area contributed by atoms with Crippen molar-refractivity contribution in [2.24, 2.45) is 0 Å². The van der Waals surface area contributed by atoms with Gasteiger partial charge in [-0.25, -0.2) is 4.98 Å². The molecule has 3 heterocycles. The minimum atomic E-state index is -0.131. The van der Waals surface area contributed by atoms with Gasteiger partial charge in [-0.3, -0.25) is 4.79 Å². The van der Waals surface area contributed by atoms with Crippen LogP contribution in [-0.2, 0) is 5.75 Å². The van der Waals surface area contributed by atoms with E-state index in [2.05, 4.69) is 25.5 Å². The van der Waals surface area contributed by atoms with E-state index in [9.17, 15) is 4.79 Å². The largest absolute Gasteiger partial charge is 0.309 e. The topological polar surface area (TPSA) is 89.3 Å². The summed E-state index contributed by atoms with van der Waals surface area (Å²) in [5.74, 6) is 1.05. The predicted molar refractivity (Wildman–Crippen MR) is 119 cm³/mol. The molecule has 148 valence electrons. The number of aromatic amines is 1. The zero-order valence-corrected chi connectivity index (χ0v) is 17.6. The van der Waals surface area contributed by atoms with Crippen LogP contribution in [0.25, 0.3) is 27.0 Å². The second kappa shape index (κ2) is 7.85. The van der Waals surface area contributed by atoms with E-state index >= 15 is 0 Å². The van der Waals surface area contributed by atoms with E-state index in [0.29, 0.717) is 22.1 Å². The minimum absolute atomic E-state index is 0.131. The molecule has 0 radical (unpaired) electrons. The van der Waals surface area contributed by atoms with Crippen molar-refractivity contribution in [1.82, 2.24) is 30.2 Å². The number of hydrogen-bond donors (Lipinski definition) is 1. The standard InChI is InChI=1S/C21H16N6OS2/c1-13-7-9-15(10-8-13)27-21(24-25-26-27)30-12-17-22-19(28)18-16(11-29-20(18)23-17)14-5-3-2-4-6-14/h2-11H,12H2,1H3,(H,22,23,28). The maximum Gasteiger partial charge on any atom is 0.260 e. The van der Waals surface area contributed by atoms with Gasteiger partial charge in [0.05, 0.1) is 16.8 Å². The molecule has 7 nitrogen and oxygen atoms in total. The Morgan fingerprint density at radius 1 is 1.10 bits per heavy atom. The molecule has 0 aliphatic carbocycles. The number of aromatic nitrogens is 6. The summed E-state index contributed by atoms with van der Waals surface area (Å²) in [6, 6.07) is 17.8. The van der Waals surface area contributed by atoms with Gasteiger partial charge in [-0.2, -0.15) is 4.68 Å². The lowest BCUT2D eigenvalue weighted by atomic mass is 10.1. The monoisotopic (exact) mass is 432 g/mol. The summed E-state index contributed by atoms with van der Waals surface area (Å²) in [7, 11) is 0. The third-order valence-electron chi connectivity index (χ3n) is 4.64. The van der Waals surface area contributed by atoms with Crippen LogP contribution >= 0.6 is 23.1 Å². The number of fused-ring (bicyclic) bond motifs is 1. The highest BCUT2D eigenvalue weighted by atomic mass is 32.2. The van der Waals surface area contributed by atoms with Crippen molar-refractivity contribution in [2.45, 2.75) is 17.8 Å². The Morgan fingerprint density at radius 2 is 1.90 bits per heavy atom. The molecule has 5 aromatic rings. The highest BCUT2D eigenvalue weighted by Crippen LogP contribution is 2.31. The van der Waals surface area contributed by atoms with Gasteiger partial charge in [0.25, 0.3) is 5.56 Å². The summed E-state index contributed by atoms with van der Waals surface area (Å²) < 4.78 is 1.68. The van der Waals surface area contributed by atoms with Crippen molar-refractivity contribution >= 4 is 33.3 Å². The molecule has 0 saturated carbocycles. The molecule has 5 rings (SSSR count). The fourth-order valence-corrected chi connectivity index (χ4v) is 4.87. The van der Waals surface area contributed by atoms with Gasteiger partial charge in [0, 0.05) is 10.9 Å². The third-order valence-corrected chi connectivity index (χ3v) is 6.44. The molecule has 3 aromatic heterocycles. The van der Waals surface area contributed by atoms with Crippen LogP contribution in [0.3, 0.4) is 0 Å². The first-order valence-electron chi connectivity index (χ1n) is 9.23. The number of rotatable bonds is 5. The highest BCUT2D eigenvalue weighted by Gasteiger charge is 2.14. The summed E-state index contributed by atoms with van der Waals surface area (Å²) >= 11 is 2.90. The van der Waals surface area contributed by atoms with E-state index < -0.39 is 0 Å². The Hall–Kier alpha value is -3.30. The number of thiophene rings is 1. The number of hydrogen-bond acceptors (Lipinski definition) is 7. The highest BCUT2D eigenvalue weighted by molar-refractivity contribution is 7.98. The van der Waals surface area contributed by atoms with Gasteiger partial charge in [-0.1, -0.05) is 59.8 Å². The second-order valence-corrected chi connectivity index (χ2v) is 8.51. The Labute approximate surface area is 179 Å². The summed E-state index contributed by atoms with van der Waals surface area (Å²) in [4.78, 5) is 21.1. The number of nitrogens with one attached hydrogen (secondary N) is 1. The molecule has 2 aromatic carbocycles. The Morgan fingerprint density at radius 3 is 2.70 bits per heavy atom. The summed E-state index contributed by atoms with van der Waals surface area (Å²) in [6.07, 6.45) is 0. The Balaban J connectivity index is 1.42. The van der Waals surface area contributed by atoms with Crippen molar-refractivity contribution in [3.8, 4) is 16.8 Å². The van der Waals surface area contributed by atoms with Gasteiger partial charge in [-0.05, 0) is 35.0 Å². The lowest BCUT2D eigenvalue weighted by Crippen LogP contribution is -2.11. The fourth-order valence-electron chi connectivity index (χ4n) is 3.14. The number of tetrazole rings is 1. The number of nitrogens with zero attached hydrogens (tertiary/aromatic N) is 5. The average molecular weight is 433 g/mol. The van der Waals surface area contributed by atoms with Crippen LogP contribution < -0.4 is 5.56 Å². The summed E-state index contributed by atoms with van der Waals surface area (Å²) in [5, 5.41) is 15.2. The van der Waals surface area contributed by atoms with E-state index in [0.717, 1.165) is 21.6 Å². The molecular formula is C21H16N6OS2. The quantitative estimate of drug-likeness (QED) is 0.418. The lowest BCUT2D eigenvalue weighted by molar-refractivity contribution is 0.756. The zero-order chi connectivity index (χ0) is 20.5. The second-order valence-electron chi connectivity index (χ2n) is 6.71. The number of aryl methyl sites for hydroxylation is 1. The van der Waals surface area contributed by atoms with Crippen LogP contribution in [0.1, 0.15) is 11.4 Å². The zero-order valence-electron chi connectivity index (χ0n) is 15.9. The fraction of sp³-hybridized carbons (Fsp3) is 0.0952. The smallest absolute Gasteiger partial charge is 0.260 e. The molecule has 0 saturated heterocycles. The van der Waals surface area contributed by atoms with Gasteiger partial charge in [0.1, 0.15) is 10.7 Å². The number of H-pyrrole nitrogens is 1. The maximum atomic E-state index is 12.8.